The second-order valence-electron chi connectivity index (χ2n) is 9.09. The molecule has 0 bridgehead atoms. The molecule has 0 amide bonds. The van der Waals surface area contributed by atoms with Crippen LogP contribution in [0.15, 0.2) is 55.1 Å². The highest BCUT2D eigenvalue weighted by molar-refractivity contribution is 5.80. The van der Waals surface area contributed by atoms with Crippen molar-refractivity contribution in [3.8, 4) is 0 Å². The van der Waals surface area contributed by atoms with Crippen molar-refractivity contribution in [3.63, 3.8) is 0 Å². The third-order valence-corrected chi connectivity index (χ3v) is 6.05. The molecule has 0 heteroatoms. The van der Waals surface area contributed by atoms with Crippen LogP contribution in [0.4, 0.5) is 0 Å². The van der Waals surface area contributed by atoms with Crippen molar-refractivity contribution in [2.24, 2.45) is 0 Å². The Balaban J connectivity index is 1.95. The molecule has 0 nitrogen and oxygen atoms in total. The van der Waals surface area contributed by atoms with Crippen LogP contribution in [-0.4, -0.2) is 0 Å². The van der Waals surface area contributed by atoms with Crippen molar-refractivity contribution in [1.82, 2.24) is 0 Å². The lowest BCUT2D eigenvalue weighted by atomic mass is 9.63. The summed E-state index contributed by atoms with van der Waals surface area (Å²) in [4.78, 5) is 0. The third-order valence-electron chi connectivity index (χ3n) is 6.05. The van der Waals surface area contributed by atoms with E-state index < -0.39 is 0 Å². The van der Waals surface area contributed by atoms with E-state index in [2.05, 4.69) is 89.7 Å². The Morgan fingerprint density at radius 1 is 0.923 bits per heavy atom. The molecule has 0 aromatic heterocycles. The zero-order chi connectivity index (χ0) is 18.9. The largest absolute Gasteiger partial charge is 0.103 e. The lowest BCUT2D eigenvalue weighted by Gasteiger charge is -2.42. The van der Waals surface area contributed by atoms with Gasteiger partial charge in [-0.3, -0.25) is 0 Å². The van der Waals surface area contributed by atoms with Crippen molar-refractivity contribution >= 4 is 11.6 Å². The third kappa shape index (κ3) is 3.70. The molecule has 0 radical (unpaired) electrons. The molecule has 2 aromatic carbocycles. The van der Waals surface area contributed by atoms with E-state index in [0.29, 0.717) is 0 Å². The van der Waals surface area contributed by atoms with E-state index in [0.717, 1.165) is 6.42 Å². The van der Waals surface area contributed by atoms with Gasteiger partial charge in [-0.05, 0) is 70.4 Å². The molecular weight excluding hydrogens is 312 g/mol. The van der Waals surface area contributed by atoms with Gasteiger partial charge >= 0.3 is 0 Å². The van der Waals surface area contributed by atoms with Gasteiger partial charge in [0.15, 0.2) is 0 Å². The minimum Gasteiger partial charge on any atom is -0.103 e. The zero-order valence-corrected chi connectivity index (χ0v) is 17.0. The van der Waals surface area contributed by atoms with Gasteiger partial charge in [0, 0.05) is 0 Å². The summed E-state index contributed by atoms with van der Waals surface area (Å²) < 4.78 is 0. The summed E-state index contributed by atoms with van der Waals surface area (Å²) in [5.41, 5.74) is 8.82. The van der Waals surface area contributed by atoms with Crippen molar-refractivity contribution in [3.05, 3.63) is 82.9 Å². The molecule has 2 aromatic rings. The van der Waals surface area contributed by atoms with Gasteiger partial charge < -0.3 is 0 Å². The van der Waals surface area contributed by atoms with Crippen LogP contribution < -0.4 is 0 Å². The van der Waals surface area contributed by atoms with Crippen molar-refractivity contribution in [2.75, 3.05) is 0 Å². The summed E-state index contributed by atoms with van der Waals surface area (Å²) in [5, 5.41) is 0. The highest BCUT2D eigenvalue weighted by atomic mass is 14.4. The monoisotopic (exact) mass is 344 g/mol. The molecule has 0 spiro atoms. The summed E-state index contributed by atoms with van der Waals surface area (Å²) in [6.45, 7) is 15.6. The van der Waals surface area contributed by atoms with Crippen LogP contribution in [0, 0.1) is 0 Å². The first-order chi connectivity index (χ1) is 12.2. The normalized spacial score (nSPS) is 18.3. The van der Waals surface area contributed by atoms with Crippen molar-refractivity contribution in [2.45, 2.75) is 64.7 Å². The second kappa shape index (κ2) is 6.91. The highest BCUT2D eigenvalue weighted by Gasteiger charge is 2.36. The molecular formula is C26H32. The van der Waals surface area contributed by atoms with Crippen LogP contribution in [0.25, 0.3) is 11.6 Å². The van der Waals surface area contributed by atoms with Crippen molar-refractivity contribution in [1.29, 1.82) is 0 Å². The first kappa shape index (κ1) is 18.7. The van der Waals surface area contributed by atoms with E-state index in [-0.39, 0.29) is 10.8 Å². The Kier molecular flexibility index (Phi) is 4.97. The van der Waals surface area contributed by atoms with Gasteiger partial charge in [-0.15, -0.1) is 6.58 Å². The second-order valence-corrected chi connectivity index (χ2v) is 9.09. The molecule has 3 rings (SSSR count). The van der Waals surface area contributed by atoms with E-state index >= 15 is 0 Å². The molecule has 0 saturated carbocycles. The fourth-order valence-corrected chi connectivity index (χ4v) is 4.08. The summed E-state index contributed by atoms with van der Waals surface area (Å²) in [5.74, 6) is 0. The van der Waals surface area contributed by atoms with Crippen LogP contribution in [0.1, 0.15) is 75.3 Å². The fourth-order valence-electron chi connectivity index (χ4n) is 4.08. The van der Waals surface area contributed by atoms with Gasteiger partial charge in [-0.25, -0.2) is 0 Å². The molecule has 0 fully saturated rings. The molecule has 136 valence electrons. The predicted molar refractivity (Wildman–Crippen MR) is 116 cm³/mol. The predicted octanol–water partition coefficient (Wildman–Crippen LogP) is 7.32. The Morgan fingerprint density at radius 2 is 1.54 bits per heavy atom. The van der Waals surface area contributed by atoms with Crippen LogP contribution in [0.3, 0.4) is 0 Å². The molecule has 0 atom stereocenters. The molecule has 0 aliphatic heterocycles. The first-order valence-corrected chi connectivity index (χ1v) is 9.76. The topological polar surface area (TPSA) is 0 Å². The van der Waals surface area contributed by atoms with Gasteiger partial charge in [-0.2, -0.15) is 0 Å². The molecule has 0 N–H and O–H groups in total. The van der Waals surface area contributed by atoms with Gasteiger partial charge in [0.25, 0.3) is 0 Å². The van der Waals surface area contributed by atoms with Crippen LogP contribution in [-0.2, 0) is 17.3 Å². The van der Waals surface area contributed by atoms with Crippen LogP contribution in [0.5, 0.6) is 0 Å². The van der Waals surface area contributed by atoms with Gasteiger partial charge in [0.1, 0.15) is 0 Å². The summed E-state index contributed by atoms with van der Waals surface area (Å²) in [7, 11) is 0. The highest BCUT2D eigenvalue weighted by Crippen LogP contribution is 2.46. The maximum atomic E-state index is 3.81. The summed E-state index contributed by atoms with van der Waals surface area (Å²) in [6, 6.07) is 15.9. The van der Waals surface area contributed by atoms with Gasteiger partial charge in [-0.1, -0.05) is 82.3 Å². The minimum atomic E-state index is 0.257. The lowest BCUT2D eigenvalue weighted by molar-refractivity contribution is 0.332. The number of benzene rings is 2. The van der Waals surface area contributed by atoms with Crippen LogP contribution >= 0.6 is 0 Å². The number of hydrogen-bond acceptors (Lipinski definition) is 0. The van der Waals surface area contributed by atoms with E-state index in [1.165, 1.54) is 46.2 Å². The smallest absolute Gasteiger partial charge is 0.0100 e. The SMILES string of the molecule is C=CCc1ccc(/C=C(\C)c2ccc3c(c2)C(C)(C)CCC3(C)C)cc1. The molecule has 0 heterocycles. The van der Waals surface area contributed by atoms with E-state index in [1.54, 1.807) is 0 Å². The summed E-state index contributed by atoms with van der Waals surface area (Å²) in [6.07, 6.45) is 7.69. The van der Waals surface area contributed by atoms with Gasteiger partial charge in [0.05, 0.1) is 0 Å². The lowest BCUT2D eigenvalue weighted by Crippen LogP contribution is -2.33. The number of allylic oxidation sites excluding steroid dienone is 2. The Hall–Kier alpha value is -2.08. The van der Waals surface area contributed by atoms with Gasteiger partial charge in [0.2, 0.25) is 0 Å². The number of hydrogen-bond donors (Lipinski definition) is 0. The standard InChI is InChI=1S/C26H32/c1-7-8-20-9-11-21(12-10-20)17-19(2)22-13-14-23-24(18-22)26(5,6)16-15-25(23,3)4/h7,9-14,17-18H,1,8,15-16H2,2-6H3/b19-17+. The Morgan fingerprint density at radius 3 is 2.15 bits per heavy atom. The van der Waals surface area contributed by atoms with E-state index in [4.69, 9.17) is 0 Å². The van der Waals surface area contributed by atoms with E-state index in [9.17, 15) is 0 Å². The molecule has 0 saturated heterocycles. The van der Waals surface area contributed by atoms with E-state index in [1.807, 2.05) is 6.08 Å². The Labute approximate surface area is 159 Å². The zero-order valence-electron chi connectivity index (χ0n) is 17.0. The fraction of sp³-hybridized carbons (Fsp3) is 0.385. The Bertz CT molecular complexity index is 829. The van der Waals surface area contributed by atoms with Crippen LogP contribution in [0.2, 0.25) is 0 Å². The summed E-state index contributed by atoms with van der Waals surface area (Å²) >= 11 is 0. The maximum Gasteiger partial charge on any atom is -0.0100 e. The molecule has 1 aliphatic carbocycles. The molecule has 26 heavy (non-hydrogen) atoms. The minimum absolute atomic E-state index is 0.257. The first-order valence-electron chi connectivity index (χ1n) is 9.76. The van der Waals surface area contributed by atoms with Crippen molar-refractivity contribution < 1.29 is 0 Å². The molecule has 1 aliphatic rings. The molecule has 0 unspecified atom stereocenters. The number of fused-ring (bicyclic) bond motifs is 1. The number of rotatable bonds is 4. The average Bonchev–Trinajstić information content (AvgIpc) is 2.61. The quantitative estimate of drug-likeness (QED) is 0.402. The average molecular weight is 345 g/mol. The maximum absolute atomic E-state index is 3.81.